The van der Waals surface area contributed by atoms with Crippen LogP contribution in [0.2, 0.25) is 0 Å². The molecule has 0 aliphatic carbocycles. The smallest absolute Gasteiger partial charge is 0.247 e. The lowest BCUT2D eigenvalue weighted by molar-refractivity contribution is -0.111. The van der Waals surface area contributed by atoms with Crippen LogP contribution >= 0.6 is 0 Å². The fourth-order valence-electron chi connectivity index (χ4n) is 4.52. The van der Waals surface area contributed by atoms with Gasteiger partial charge >= 0.3 is 0 Å². The summed E-state index contributed by atoms with van der Waals surface area (Å²) in [5, 5.41) is 11.3. The van der Waals surface area contributed by atoms with Gasteiger partial charge in [0.05, 0.1) is 11.2 Å². The van der Waals surface area contributed by atoms with E-state index in [0.29, 0.717) is 5.69 Å². The summed E-state index contributed by atoms with van der Waals surface area (Å²) in [5.41, 5.74) is 5.92. The highest BCUT2D eigenvalue weighted by atomic mass is 16.1. The van der Waals surface area contributed by atoms with Crippen molar-refractivity contribution in [2.24, 2.45) is 0 Å². The van der Waals surface area contributed by atoms with E-state index < -0.39 is 0 Å². The van der Waals surface area contributed by atoms with Gasteiger partial charge in [-0.15, -0.1) is 0 Å². The number of hydrogen-bond acceptors (Lipinski definition) is 3. The molecule has 0 atom stereocenters. The zero-order valence-electron chi connectivity index (χ0n) is 20.0. The number of aromatic nitrogens is 2. The molecular formula is C30H28N4O. The molecule has 0 unspecified atom stereocenters. The largest absolute Gasteiger partial charge is 0.372 e. The van der Waals surface area contributed by atoms with Crippen LogP contribution in [0.1, 0.15) is 13.8 Å². The molecule has 0 aliphatic heterocycles. The van der Waals surface area contributed by atoms with Crippen LogP contribution in [-0.2, 0) is 4.79 Å². The molecule has 5 rings (SSSR count). The molecule has 0 aliphatic rings. The van der Waals surface area contributed by atoms with Crippen molar-refractivity contribution in [3.63, 3.8) is 0 Å². The van der Waals surface area contributed by atoms with Crippen LogP contribution in [0.25, 0.3) is 38.6 Å². The first-order valence-electron chi connectivity index (χ1n) is 11.9. The fraction of sp³-hybridized carbons (Fsp3) is 0.133. The number of nitrogens with one attached hydrogen (secondary N) is 1. The molecule has 1 amide bonds. The van der Waals surface area contributed by atoms with Gasteiger partial charge in [0, 0.05) is 35.4 Å². The third-order valence-corrected chi connectivity index (χ3v) is 6.36. The molecule has 0 bridgehead atoms. The number of fused-ring (bicyclic) bond motifs is 2. The average Bonchev–Trinajstić information content (AvgIpc) is 3.27. The Bertz CT molecular complexity index is 1510. The predicted octanol–water partition coefficient (Wildman–Crippen LogP) is 6.82. The van der Waals surface area contributed by atoms with Crippen molar-refractivity contribution in [1.29, 1.82) is 0 Å². The van der Waals surface area contributed by atoms with E-state index in [0.717, 1.165) is 40.9 Å². The van der Waals surface area contributed by atoms with E-state index in [1.165, 1.54) is 22.5 Å². The maximum Gasteiger partial charge on any atom is 0.247 e. The molecule has 0 saturated heterocycles. The molecule has 0 spiro atoms. The summed E-state index contributed by atoms with van der Waals surface area (Å²) in [6.07, 6.45) is 1.26. The van der Waals surface area contributed by atoms with Gasteiger partial charge in [0.25, 0.3) is 0 Å². The average molecular weight is 461 g/mol. The molecule has 35 heavy (non-hydrogen) atoms. The first-order chi connectivity index (χ1) is 17.1. The molecule has 0 saturated carbocycles. The molecule has 1 N–H and O–H groups in total. The molecule has 0 fully saturated rings. The van der Waals surface area contributed by atoms with Gasteiger partial charge in [0.2, 0.25) is 5.91 Å². The summed E-state index contributed by atoms with van der Waals surface area (Å²) >= 11 is 0. The number of amides is 1. The Morgan fingerprint density at radius 3 is 2.37 bits per heavy atom. The SMILES string of the molecule is C=CC(=O)Nc1ccc(-n2nc(-c3ccccc3)c3cc4ccc(N(CC)CC)cc4cc32)cc1. The van der Waals surface area contributed by atoms with Gasteiger partial charge in [-0.2, -0.15) is 5.10 Å². The number of nitrogens with zero attached hydrogens (tertiary/aromatic N) is 3. The highest BCUT2D eigenvalue weighted by Gasteiger charge is 2.15. The Kier molecular flexibility index (Phi) is 6.06. The van der Waals surface area contributed by atoms with E-state index in [1.54, 1.807) is 0 Å². The monoisotopic (exact) mass is 460 g/mol. The van der Waals surface area contributed by atoms with Gasteiger partial charge in [-0.1, -0.05) is 43.0 Å². The maximum atomic E-state index is 11.7. The zero-order valence-corrected chi connectivity index (χ0v) is 20.0. The lowest BCUT2D eigenvalue weighted by Gasteiger charge is -2.21. The molecular weight excluding hydrogens is 432 g/mol. The standard InChI is InChI=1S/C30H28N4O/c1-4-29(35)31-24-13-16-25(17-14-24)34-28-20-23-18-26(33(5-2)6-3)15-12-22(23)19-27(28)30(32-34)21-10-8-7-9-11-21/h4,7-20H,1,5-6H2,2-3H3,(H,31,35). The van der Waals surface area contributed by atoms with Crippen molar-refractivity contribution in [3.8, 4) is 16.9 Å². The number of hydrogen-bond donors (Lipinski definition) is 1. The third-order valence-electron chi connectivity index (χ3n) is 6.36. The van der Waals surface area contributed by atoms with Crippen molar-refractivity contribution in [3.05, 3.63) is 97.6 Å². The normalized spacial score (nSPS) is 11.0. The van der Waals surface area contributed by atoms with Crippen molar-refractivity contribution >= 4 is 39.0 Å². The minimum absolute atomic E-state index is 0.232. The highest BCUT2D eigenvalue weighted by molar-refractivity contribution is 6.04. The summed E-state index contributed by atoms with van der Waals surface area (Å²) < 4.78 is 1.99. The molecule has 5 heteroatoms. The molecule has 1 heterocycles. The third kappa shape index (κ3) is 4.28. The first-order valence-corrected chi connectivity index (χ1v) is 11.9. The van der Waals surface area contributed by atoms with E-state index in [-0.39, 0.29) is 5.91 Å². The Morgan fingerprint density at radius 2 is 1.69 bits per heavy atom. The fourth-order valence-corrected chi connectivity index (χ4v) is 4.52. The number of anilines is 2. The summed E-state index contributed by atoms with van der Waals surface area (Å²) in [7, 11) is 0. The molecule has 5 nitrogen and oxygen atoms in total. The Labute approximate surface area is 205 Å². The number of carbonyl (C=O) groups is 1. The Balaban J connectivity index is 1.69. The minimum Gasteiger partial charge on any atom is -0.372 e. The minimum atomic E-state index is -0.232. The lowest BCUT2D eigenvalue weighted by Crippen LogP contribution is -2.21. The number of carbonyl (C=O) groups excluding carboxylic acids is 1. The molecule has 1 aromatic heterocycles. The van der Waals surface area contributed by atoms with Gasteiger partial charge in [-0.05, 0) is 79.2 Å². The Morgan fingerprint density at radius 1 is 0.943 bits per heavy atom. The summed E-state index contributed by atoms with van der Waals surface area (Å²) in [4.78, 5) is 14.0. The van der Waals surface area contributed by atoms with Gasteiger partial charge in [-0.3, -0.25) is 4.79 Å². The van der Waals surface area contributed by atoms with Crippen LogP contribution in [0.5, 0.6) is 0 Å². The van der Waals surface area contributed by atoms with Crippen molar-refractivity contribution < 1.29 is 4.79 Å². The highest BCUT2D eigenvalue weighted by Crippen LogP contribution is 2.34. The topological polar surface area (TPSA) is 50.2 Å². The van der Waals surface area contributed by atoms with Gasteiger partial charge in [-0.25, -0.2) is 4.68 Å². The summed E-state index contributed by atoms with van der Waals surface area (Å²) in [6, 6.07) is 29.1. The zero-order chi connectivity index (χ0) is 24.4. The van der Waals surface area contributed by atoms with Crippen LogP contribution in [-0.4, -0.2) is 28.8 Å². The van der Waals surface area contributed by atoms with Crippen LogP contribution in [0, 0.1) is 0 Å². The van der Waals surface area contributed by atoms with Gasteiger partial charge in [0.1, 0.15) is 5.69 Å². The quantitative estimate of drug-likeness (QED) is 0.271. The molecule has 5 aromatic rings. The summed E-state index contributed by atoms with van der Waals surface area (Å²) in [5.74, 6) is -0.232. The first kappa shape index (κ1) is 22.4. The van der Waals surface area contributed by atoms with Gasteiger partial charge < -0.3 is 10.2 Å². The molecule has 174 valence electrons. The van der Waals surface area contributed by atoms with Crippen molar-refractivity contribution in [1.82, 2.24) is 9.78 Å². The van der Waals surface area contributed by atoms with Crippen LogP contribution in [0.3, 0.4) is 0 Å². The van der Waals surface area contributed by atoms with E-state index in [2.05, 4.69) is 73.1 Å². The number of rotatable bonds is 7. The second-order valence-corrected chi connectivity index (χ2v) is 8.44. The van der Waals surface area contributed by atoms with Crippen LogP contribution < -0.4 is 10.2 Å². The van der Waals surface area contributed by atoms with E-state index in [9.17, 15) is 4.79 Å². The van der Waals surface area contributed by atoms with Gasteiger partial charge in [0.15, 0.2) is 0 Å². The van der Waals surface area contributed by atoms with Crippen LogP contribution in [0.15, 0.2) is 97.6 Å². The molecule has 4 aromatic carbocycles. The van der Waals surface area contributed by atoms with Crippen molar-refractivity contribution in [2.75, 3.05) is 23.3 Å². The second-order valence-electron chi connectivity index (χ2n) is 8.44. The lowest BCUT2D eigenvalue weighted by atomic mass is 10.0. The Hall–Kier alpha value is -4.38. The van der Waals surface area contributed by atoms with E-state index in [4.69, 9.17) is 5.10 Å². The number of benzene rings is 4. The van der Waals surface area contributed by atoms with Crippen molar-refractivity contribution in [2.45, 2.75) is 13.8 Å². The maximum absolute atomic E-state index is 11.7. The van der Waals surface area contributed by atoms with E-state index >= 15 is 0 Å². The molecule has 0 radical (unpaired) electrons. The van der Waals surface area contributed by atoms with E-state index in [1.807, 2.05) is 47.1 Å². The summed E-state index contributed by atoms with van der Waals surface area (Å²) in [6.45, 7) is 9.81. The van der Waals surface area contributed by atoms with Crippen LogP contribution in [0.4, 0.5) is 11.4 Å². The second kappa shape index (κ2) is 9.47. The predicted molar refractivity (Wildman–Crippen MR) is 146 cm³/mol.